The number of hydrogen-bond donors (Lipinski definition) is 2. The molecule has 1 aromatic carbocycles. The summed E-state index contributed by atoms with van der Waals surface area (Å²) in [4.78, 5) is 14.9. The van der Waals surface area contributed by atoms with Gasteiger partial charge in [0.1, 0.15) is 5.03 Å². The third-order valence-corrected chi connectivity index (χ3v) is 2.28. The van der Waals surface area contributed by atoms with Crippen LogP contribution in [0.25, 0.3) is 10.9 Å². The number of aromatic nitrogens is 1. The average Bonchev–Trinajstić information content (AvgIpc) is 2.16. The first-order valence-electron chi connectivity index (χ1n) is 4.00. The molecule has 2 rings (SSSR count). The minimum Gasteiger partial charge on any atom is -0.478 e. The molecule has 0 saturated heterocycles. The molecule has 0 aliphatic carbocycles. The van der Waals surface area contributed by atoms with Crippen LogP contribution in [0, 0.1) is 0 Å². The van der Waals surface area contributed by atoms with Gasteiger partial charge < -0.3 is 5.11 Å². The Labute approximate surface area is 85.8 Å². The highest BCUT2D eigenvalue weighted by atomic mass is 32.1. The molecule has 1 aromatic heterocycles. The van der Waals surface area contributed by atoms with Gasteiger partial charge in [-0.1, -0.05) is 18.2 Å². The van der Waals surface area contributed by atoms with Gasteiger partial charge in [-0.05, 0) is 12.1 Å². The number of thiol groups is 1. The third-order valence-electron chi connectivity index (χ3n) is 1.93. The smallest absolute Gasteiger partial charge is 0.338 e. The topological polar surface area (TPSA) is 50.2 Å². The number of fused-ring (bicyclic) bond motifs is 1. The number of para-hydroxylation sites is 1. The zero-order valence-corrected chi connectivity index (χ0v) is 8.03. The normalized spacial score (nSPS) is 10.4. The second-order valence-electron chi connectivity index (χ2n) is 2.86. The maximum atomic E-state index is 10.8. The minimum absolute atomic E-state index is 0.132. The van der Waals surface area contributed by atoms with Crippen molar-refractivity contribution in [2.45, 2.75) is 5.03 Å². The Balaban J connectivity index is 2.77. The fraction of sp³-hybridized carbons (Fsp3) is 0. The molecular weight excluding hydrogens is 198 g/mol. The van der Waals surface area contributed by atoms with Crippen molar-refractivity contribution in [1.82, 2.24) is 4.98 Å². The Bertz CT molecular complexity index is 510. The first kappa shape index (κ1) is 9.02. The number of nitrogens with zero attached hydrogens (tertiary/aromatic N) is 1. The van der Waals surface area contributed by atoms with Crippen LogP contribution in [-0.4, -0.2) is 16.1 Å². The van der Waals surface area contributed by atoms with Crippen LogP contribution < -0.4 is 0 Å². The molecule has 1 N–H and O–H groups in total. The van der Waals surface area contributed by atoms with E-state index in [1.165, 1.54) is 0 Å². The van der Waals surface area contributed by atoms with Gasteiger partial charge in [0, 0.05) is 5.39 Å². The first-order valence-corrected chi connectivity index (χ1v) is 4.45. The Morgan fingerprint density at radius 3 is 2.79 bits per heavy atom. The second-order valence-corrected chi connectivity index (χ2v) is 3.28. The van der Waals surface area contributed by atoms with Crippen molar-refractivity contribution in [2.24, 2.45) is 0 Å². The minimum atomic E-state index is -1.01. The van der Waals surface area contributed by atoms with E-state index in [1.807, 2.05) is 24.3 Å². The van der Waals surface area contributed by atoms with Crippen LogP contribution in [0.3, 0.4) is 0 Å². The van der Waals surface area contributed by atoms with E-state index in [-0.39, 0.29) is 10.6 Å². The fourth-order valence-electron chi connectivity index (χ4n) is 1.26. The molecule has 0 bridgehead atoms. The Morgan fingerprint density at radius 2 is 2.07 bits per heavy atom. The van der Waals surface area contributed by atoms with E-state index in [4.69, 9.17) is 5.11 Å². The SMILES string of the molecule is O=C(O)c1cc2ccccc2nc1S. The summed E-state index contributed by atoms with van der Waals surface area (Å²) in [5, 5.41) is 9.89. The van der Waals surface area contributed by atoms with Gasteiger partial charge in [0.15, 0.2) is 0 Å². The van der Waals surface area contributed by atoms with Crippen LogP contribution in [0.5, 0.6) is 0 Å². The zero-order valence-electron chi connectivity index (χ0n) is 7.14. The number of carboxylic acid groups (broad SMARTS) is 1. The first-order chi connectivity index (χ1) is 6.68. The lowest BCUT2D eigenvalue weighted by molar-refractivity contribution is 0.0692. The predicted octanol–water partition coefficient (Wildman–Crippen LogP) is 2.22. The van der Waals surface area contributed by atoms with Crippen LogP contribution in [-0.2, 0) is 0 Å². The Hall–Kier alpha value is -1.55. The summed E-state index contributed by atoms with van der Waals surface area (Å²) in [6, 6.07) is 8.91. The predicted molar refractivity (Wildman–Crippen MR) is 56.0 cm³/mol. The van der Waals surface area contributed by atoms with Crippen molar-refractivity contribution in [1.29, 1.82) is 0 Å². The number of carboxylic acids is 1. The lowest BCUT2D eigenvalue weighted by atomic mass is 10.1. The van der Waals surface area contributed by atoms with E-state index in [2.05, 4.69) is 17.6 Å². The maximum Gasteiger partial charge on any atom is 0.338 e. The summed E-state index contributed by atoms with van der Waals surface area (Å²) in [5.41, 5.74) is 0.884. The van der Waals surface area contributed by atoms with Crippen molar-refractivity contribution in [2.75, 3.05) is 0 Å². The molecule has 70 valence electrons. The summed E-state index contributed by atoms with van der Waals surface area (Å²) in [7, 11) is 0. The highest BCUT2D eigenvalue weighted by Crippen LogP contribution is 2.18. The van der Waals surface area contributed by atoms with Gasteiger partial charge in [-0.2, -0.15) is 0 Å². The molecule has 0 amide bonds. The van der Waals surface area contributed by atoms with Crippen LogP contribution in [0.15, 0.2) is 35.4 Å². The number of carbonyl (C=O) groups is 1. The number of hydrogen-bond acceptors (Lipinski definition) is 3. The van der Waals surface area contributed by atoms with E-state index in [0.29, 0.717) is 0 Å². The third kappa shape index (κ3) is 1.44. The second kappa shape index (κ2) is 3.31. The molecule has 1 heterocycles. The molecule has 4 heteroatoms. The van der Waals surface area contributed by atoms with Crippen molar-refractivity contribution in [3.05, 3.63) is 35.9 Å². The monoisotopic (exact) mass is 205 g/mol. The van der Waals surface area contributed by atoms with Gasteiger partial charge in [-0.25, -0.2) is 9.78 Å². The molecule has 0 aliphatic heterocycles. The average molecular weight is 205 g/mol. The van der Waals surface area contributed by atoms with E-state index in [9.17, 15) is 4.79 Å². The summed E-state index contributed by atoms with van der Waals surface area (Å²) in [6.45, 7) is 0. The molecule has 14 heavy (non-hydrogen) atoms. The van der Waals surface area contributed by atoms with E-state index >= 15 is 0 Å². The van der Waals surface area contributed by atoms with E-state index in [1.54, 1.807) is 6.07 Å². The highest BCUT2D eigenvalue weighted by molar-refractivity contribution is 7.80. The zero-order chi connectivity index (χ0) is 10.1. The molecule has 0 radical (unpaired) electrons. The van der Waals surface area contributed by atoms with Crippen molar-refractivity contribution in [3.8, 4) is 0 Å². The summed E-state index contributed by atoms with van der Waals surface area (Å²) < 4.78 is 0. The van der Waals surface area contributed by atoms with Gasteiger partial charge >= 0.3 is 5.97 Å². The number of aromatic carboxylic acids is 1. The Kier molecular flexibility index (Phi) is 2.13. The van der Waals surface area contributed by atoms with Crippen molar-refractivity contribution >= 4 is 29.5 Å². The van der Waals surface area contributed by atoms with Crippen molar-refractivity contribution < 1.29 is 9.90 Å². The van der Waals surface area contributed by atoms with Crippen LogP contribution in [0.2, 0.25) is 0 Å². The Morgan fingerprint density at radius 1 is 1.36 bits per heavy atom. The molecular formula is C10H7NO2S. The summed E-state index contributed by atoms with van der Waals surface area (Å²) >= 11 is 4.02. The number of pyridine rings is 1. The van der Waals surface area contributed by atoms with Gasteiger partial charge in [0.25, 0.3) is 0 Å². The van der Waals surface area contributed by atoms with Gasteiger partial charge in [-0.15, -0.1) is 12.6 Å². The molecule has 0 aliphatic rings. The van der Waals surface area contributed by atoms with Gasteiger partial charge in [0.05, 0.1) is 11.1 Å². The highest BCUT2D eigenvalue weighted by Gasteiger charge is 2.09. The molecule has 0 atom stereocenters. The van der Waals surface area contributed by atoms with Crippen LogP contribution in [0.4, 0.5) is 0 Å². The van der Waals surface area contributed by atoms with Gasteiger partial charge in [-0.3, -0.25) is 0 Å². The number of benzene rings is 1. The lowest BCUT2D eigenvalue weighted by Crippen LogP contribution is -1.99. The molecule has 0 fully saturated rings. The lowest BCUT2D eigenvalue weighted by Gasteiger charge is -2.01. The molecule has 0 saturated carbocycles. The molecule has 2 aromatic rings. The van der Waals surface area contributed by atoms with Crippen LogP contribution in [0.1, 0.15) is 10.4 Å². The van der Waals surface area contributed by atoms with Crippen molar-refractivity contribution in [3.63, 3.8) is 0 Å². The molecule has 0 unspecified atom stereocenters. The largest absolute Gasteiger partial charge is 0.478 e. The maximum absolute atomic E-state index is 10.8. The molecule has 3 nitrogen and oxygen atoms in total. The summed E-state index contributed by atoms with van der Waals surface area (Å²) in [5.74, 6) is -1.01. The summed E-state index contributed by atoms with van der Waals surface area (Å²) in [6.07, 6.45) is 0. The fourth-order valence-corrected chi connectivity index (χ4v) is 1.53. The van der Waals surface area contributed by atoms with Gasteiger partial charge in [0.2, 0.25) is 0 Å². The molecule has 0 spiro atoms. The van der Waals surface area contributed by atoms with E-state index < -0.39 is 5.97 Å². The standard InChI is InChI=1S/C10H7NO2S/c12-10(13)7-5-6-3-1-2-4-8(6)11-9(7)14/h1-5H,(H,11,14)(H,12,13). The van der Waals surface area contributed by atoms with Crippen LogP contribution >= 0.6 is 12.6 Å². The number of rotatable bonds is 1. The quantitative estimate of drug-likeness (QED) is 0.702. The van der Waals surface area contributed by atoms with E-state index in [0.717, 1.165) is 10.9 Å².